The van der Waals surface area contributed by atoms with Crippen LogP contribution < -0.4 is 16.8 Å². The van der Waals surface area contributed by atoms with Gasteiger partial charge < -0.3 is 21.7 Å². The molecule has 1 fully saturated rings. The molecule has 1 aliphatic rings. The van der Waals surface area contributed by atoms with E-state index in [4.69, 9.17) is 11.5 Å². The summed E-state index contributed by atoms with van der Waals surface area (Å²) in [6.45, 7) is 3.48. The average molecular weight is 196 g/mol. The summed E-state index contributed by atoms with van der Waals surface area (Å²) >= 11 is 0. The van der Waals surface area contributed by atoms with E-state index in [1.54, 1.807) is 19.1 Å². The first-order chi connectivity index (χ1) is 6.59. The van der Waals surface area contributed by atoms with Crippen molar-refractivity contribution in [3.8, 4) is 0 Å². The Morgan fingerprint density at radius 2 is 2.21 bits per heavy atom. The summed E-state index contributed by atoms with van der Waals surface area (Å²) in [6.07, 6.45) is 3.44. The predicted octanol–water partition coefficient (Wildman–Crippen LogP) is -0.919. The molecule has 0 saturated carbocycles. The molecule has 1 saturated heterocycles. The van der Waals surface area contributed by atoms with Crippen molar-refractivity contribution in [2.75, 3.05) is 19.6 Å². The predicted molar refractivity (Wildman–Crippen MR) is 54.8 cm³/mol. The third kappa shape index (κ3) is 3.01. The van der Waals surface area contributed by atoms with E-state index < -0.39 is 0 Å². The first-order valence-corrected chi connectivity index (χ1v) is 4.51. The summed E-state index contributed by atoms with van der Waals surface area (Å²) in [5.41, 5.74) is 11.9. The minimum Gasteiger partial charge on any atom is -0.402 e. The highest BCUT2D eigenvalue weighted by Gasteiger charge is 2.15. The second-order valence-corrected chi connectivity index (χ2v) is 3.27. The third-order valence-electron chi connectivity index (χ3n) is 1.92. The number of nitrogens with two attached hydrogens (primary N) is 2. The van der Waals surface area contributed by atoms with Crippen molar-refractivity contribution in [2.24, 2.45) is 11.5 Å². The number of carbonyl (C=O) groups is 1. The summed E-state index contributed by atoms with van der Waals surface area (Å²) in [5, 5.41) is 2.73. The fourth-order valence-corrected chi connectivity index (χ4v) is 1.18. The molecule has 0 spiro atoms. The Balaban J connectivity index is 2.59. The van der Waals surface area contributed by atoms with Crippen molar-refractivity contribution in [2.45, 2.75) is 6.92 Å². The van der Waals surface area contributed by atoms with Crippen LogP contribution in [-0.4, -0.2) is 30.4 Å². The zero-order valence-corrected chi connectivity index (χ0v) is 8.29. The Morgan fingerprint density at radius 1 is 1.50 bits per heavy atom. The first-order valence-electron chi connectivity index (χ1n) is 4.51. The zero-order chi connectivity index (χ0) is 10.6. The number of allylic oxidation sites excluding steroid dienone is 3. The maximum atomic E-state index is 11.0. The van der Waals surface area contributed by atoms with E-state index in [9.17, 15) is 4.79 Å². The molecule has 1 heterocycles. The molecular weight excluding hydrogens is 180 g/mol. The van der Waals surface area contributed by atoms with Gasteiger partial charge in [-0.2, -0.15) is 0 Å². The molecule has 5 heteroatoms. The maximum absolute atomic E-state index is 11.0. The van der Waals surface area contributed by atoms with Gasteiger partial charge >= 0.3 is 0 Å². The first kappa shape index (κ1) is 10.4. The zero-order valence-electron chi connectivity index (χ0n) is 8.29. The molecule has 14 heavy (non-hydrogen) atoms. The van der Waals surface area contributed by atoms with E-state index in [2.05, 4.69) is 5.32 Å². The van der Waals surface area contributed by atoms with Gasteiger partial charge in [0.05, 0.1) is 12.4 Å². The lowest BCUT2D eigenvalue weighted by atomic mass is 10.3. The number of piperazine rings is 1. The van der Waals surface area contributed by atoms with Crippen molar-refractivity contribution in [1.82, 2.24) is 10.2 Å². The molecule has 1 amide bonds. The van der Waals surface area contributed by atoms with Gasteiger partial charge in [0.2, 0.25) is 5.91 Å². The van der Waals surface area contributed by atoms with Crippen LogP contribution in [0.4, 0.5) is 0 Å². The third-order valence-corrected chi connectivity index (χ3v) is 1.92. The van der Waals surface area contributed by atoms with E-state index in [1.165, 1.54) is 0 Å². The summed E-state index contributed by atoms with van der Waals surface area (Å²) < 4.78 is 0. The van der Waals surface area contributed by atoms with Gasteiger partial charge in [0, 0.05) is 18.8 Å². The van der Waals surface area contributed by atoms with Crippen molar-refractivity contribution in [3.05, 3.63) is 23.7 Å². The van der Waals surface area contributed by atoms with Crippen LogP contribution in [0.1, 0.15) is 6.92 Å². The fraction of sp³-hybridized carbons (Fsp3) is 0.444. The molecule has 0 aromatic carbocycles. The lowest BCUT2D eigenvalue weighted by Gasteiger charge is -2.28. The van der Waals surface area contributed by atoms with Crippen molar-refractivity contribution >= 4 is 5.91 Å². The van der Waals surface area contributed by atoms with Gasteiger partial charge in [-0.05, 0) is 19.1 Å². The van der Waals surface area contributed by atoms with Gasteiger partial charge in [-0.25, -0.2) is 0 Å². The minimum atomic E-state index is 0.000972. The number of hydrogen-bond acceptors (Lipinski definition) is 4. The van der Waals surface area contributed by atoms with Crippen LogP contribution in [-0.2, 0) is 4.79 Å². The summed E-state index contributed by atoms with van der Waals surface area (Å²) in [5.74, 6) is 0.575. The second kappa shape index (κ2) is 4.55. The van der Waals surface area contributed by atoms with Crippen molar-refractivity contribution < 1.29 is 4.79 Å². The van der Waals surface area contributed by atoms with Crippen LogP contribution in [0.3, 0.4) is 0 Å². The van der Waals surface area contributed by atoms with Crippen LogP contribution >= 0.6 is 0 Å². The highest BCUT2D eigenvalue weighted by molar-refractivity contribution is 5.78. The van der Waals surface area contributed by atoms with Gasteiger partial charge in [0.25, 0.3) is 0 Å². The molecule has 1 rings (SSSR count). The SMILES string of the molecule is C/C(N)=C/C=C(\N)N1CCNC(=O)C1. The molecule has 0 unspecified atom stereocenters. The normalized spacial score (nSPS) is 19.5. The molecule has 0 atom stereocenters. The highest BCUT2D eigenvalue weighted by Crippen LogP contribution is 2.00. The highest BCUT2D eigenvalue weighted by atomic mass is 16.2. The Hall–Kier alpha value is -1.65. The van der Waals surface area contributed by atoms with Gasteiger partial charge in [-0.3, -0.25) is 4.79 Å². The molecule has 5 nitrogen and oxygen atoms in total. The summed E-state index contributed by atoms with van der Waals surface area (Å²) in [4.78, 5) is 12.9. The monoisotopic (exact) mass is 196 g/mol. The van der Waals surface area contributed by atoms with Crippen LogP contribution in [0, 0.1) is 0 Å². The van der Waals surface area contributed by atoms with E-state index >= 15 is 0 Å². The standard InChI is InChI=1S/C9H16N4O/c1-7(10)2-3-8(11)13-5-4-12-9(14)6-13/h2-3H,4-6,10-11H2,1H3,(H,12,14)/b7-2-,8-3+. The van der Waals surface area contributed by atoms with Gasteiger partial charge in [-0.15, -0.1) is 0 Å². The number of hydrogen-bond donors (Lipinski definition) is 3. The van der Waals surface area contributed by atoms with Crippen LogP contribution in [0.15, 0.2) is 23.7 Å². The van der Waals surface area contributed by atoms with Gasteiger partial charge in [0.15, 0.2) is 0 Å². The van der Waals surface area contributed by atoms with Crippen LogP contribution in [0.5, 0.6) is 0 Å². The number of rotatable bonds is 2. The maximum Gasteiger partial charge on any atom is 0.239 e. The number of nitrogens with zero attached hydrogens (tertiary/aromatic N) is 1. The van der Waals surface area contributed by atoms with E-state index in [-0.39, 0.29) is 5.91 Å². The molecule has 0 bridgehead atoms. The largest absolute Gasteiger partial charge is 0.402 e. The number of amides is 1. The molecular formula is C9H16N4O. The summed E-state index contributed by atoms with van der Waals surface area (Å²) in [7, 11) is 0. The van der Waals surface area contributed by atoms with E-state index in [1.807, 2.05) is 4.90 Å². The Morgan fingerprint density at radius 3 is 2.79 bits per heavy atom. The molecule has 0 aromatic heterocycles. The van der Waals surface area contributed by atoms with Gasteiger partial charge in [-0.1, -0.05) is 0 Å². The molecule has 0 aliphatic carbocycles. The molecule has 78 valence electrons. The quantitative estimate of drug-likeness (QED) is 0.499. The Kier molecular flexibility index (Phi) is 3.39. The minimum absolute atomic E-state index is 0.000972. The molecule has 1 aliphatic heterocycles. The Bertz CT molecular complexity index is 279. The average Bonchev–Trinajstić information content (AvgIpc) is 2.14. The van der Waals surface area contributed by atoms with E-state index in [0.29, 0.717) is 24.6 Å². The second-order valence-electron chi connectivity index (χ2n) is 3.27. The smallest absolute Gasteiger partial charge is 0.239 e. The Labute approximate surface area is 83.4 Å². The van der Waals surface area contributed by atoms with Crippen molar-refractivity contribution in [3.63, 3.8) is 0 Å². The lowest BCUT2D eigenvalue weighted by Crippen LogP contribution is -2.48. The molecule has 0 aromatic rings. The topological polar surface area (TPSA) is 84.4 Å². The lowest BCUT2D eigenvalue weighted by molar-refractivity contribution is -0.123. The van der Waals surface area contributed by atoms with Crippen molar-refractivity contribution in [1.29, 1.82) is 0 Å². The van der Waals surface area contributed by atoms with E-state index in [0.717, 1.165) is 6.54 Å². The fourth-order valence-electron chi connectivity index (χ4n) is 1.18. The summed E-state index contributed by atoms with van der Waals surface area (Å²) in [6, 6.07) is 0. The van der Waals surface area contributed by atoms with Crippen LogP contribution in [0.25, 0.3) is 0 Å². The van der Waals surface area contributed by atoms with Gasteiger partial charge in [0.1, 0.15) is 0 Å². The molecule has 5 N–H and O–H groups in total. The number of nitrogens with one attached hydrogen (secondary N) is 1. The molecule has 0 radical (unpaired) electrons. The van der Waals surface area contributed by atoms with Crippen LogP contribution in [0.2, 0.25) is 0 Å². The number of carbonyl (C=O) groups excluding carboxylic acids is 1.